The number of aliphatic hydroxyl groups is 1. The van der Waals surface area contributed by atoms with Crippen LogP contribution in [-0.2, 0) is 0 Å². The second kappa shape index (κ2) is 5.19. The van der Waals surface area contributed by atoms with Crippen LogP contribution in [-0.4, -0.2) is 18.0 Å². The molecule has 2 aliphatic rings. The first-order valence-electron chi connectivity index (χ1n) is 6.69. The van der Waals surface area contributed by atoms with Crippen molar-refractivity contribution in [3.63, 3.8) is 0 Å². The first-order chi connectivity index (χ1) is 9.16. The summed E-state index contributed by atoms with van der Waals surface area (Å²) < 4.78 is 10.6. The molecule has 1 saturated carbocycles. The maximum absolute atomic E-state index is 10.4. The second-order valence-corrected chi connectivity index (χ2v) is 5.70. The summed E-state index contributed by atoms with van der Waals surface area (Å²) >= 11 is 6.23. The maximum atomic E-state index is 10.4. The lowest BCUT2D eigenvalue weighted by Gasteiger charge is -2.25. The summed E-state index contributed by atoms with van der Waals surface area (Å²) in [6.45, 7) is 0.204. The van der Waals surface area contributed by atoms with Gasteiger partial charge in [-0.25, -0.2) is 0 Å². The zero-order chi connectivity index (χ0) is 13.4. The van der Waals surface area contributed by atoms with Crippen LogP contribution in [0.15, 0.2) is 12.1 Å². The molecular weight excluding hydrogens is 266 g/mol. The van der Waals surface area contributed by atoms with Crippen LogP contribution in [0.4, 0.5) is 0 Å². The van der Waals surface area contributed by atoms with E-state index >= 15 is 0 Å². The van der Waals surface area contributed by atoms with Crippen molar-refractivity contribution in [2.45, 2.75) is 37.8 Å². The Bertz CT molecular complexity index is 474. The molecule has 1 aromatic rings. The molecule has 0 amide bonds. The van der Waals surface area contributed by atoms with Gasteiger partial charge in [0.2, 0.25) is 6.79 Å². The molecule has 1 aliphatic heterocycles. The third-order valence-corrected chi connectivity index (χ3v) is 4.43. The van der Waals surface area contributed by atoms with E-state index in [0.717, 1.165) is 18.4 Å². The van der Waals surface area contributed by atoms with Crippen molar-refractivity contribution >= 4 is 11.6 Å². The van der Waals surface area contributed by atoms with E-state index in [0.29, 0.717) is 16.5 Å². The largest absolute Gasteiger partial charge is 0.454 e. The number of fused-ring (bicyclic) bond motifs is 1. The molecular formula is C14H18ClNO3. The highest BCUT2D eigenvalue weighted by molar-refractivity contribution is 6.31. The van der Waals surface area contributed by atoms with Gasteiger partial charge in [-0.05, 0) is 30.4 Å². The zero-order valence-corrected chi connectivity index (χ0v) is 11.4. The molecule has 1 aromatic carbocycles. The van der Waals surface area contributed by atoms with Gasteiger partial charge in [-0.2, -0.15) is 0 Å². The Morgan fingerprint density at radius 3 is 2.53 bits per heavy atom. The van der Waals surface area contributed by atoms with E-state index in [2.05, 4.69) is 0 Å². The Hall–Kier alpha value is -0.970. The van der Waals surface area contributed by atoms with Gasteiger partial charge >= 0.3 is 0 Å². The minimum absolute atomic E-state index is 0.204. The Labute approximate surface area is 117 Å². The molecule has 1 fully saturated rings. The lowest BCUT2D eigenvalue weighted by Crippen LogP contribution is -2.32. The van der Waals surface area contributed by atoms with Crippen molar-refractivity contribution in [1.29, 1.82) is 0 Å². The van der Waals surface area contributed by atoms with Crippen molar-refractivity contribution < 1.29 is 14.6 Å². The standard InChI is InChI=1S/C14H18ClNO3/c15-10-6-12-11(18-7-19-12)5-9(10)13(16)14(17)8-3-1-2-4-8/h5-6,8,13-14,17H,1-4,7,16H2/t13-,14+/m0/s1. The molecule has 3 rings (SSSR count). The number of hydrogen-bond acceptors (Lipinski definition) is 4. The molecule has 1 aliphatic carbocycles. The van der Waals surface area contributed by atoms with Crippen LogP contribution < -0.4 is 15.2 Å². The molecule has 1 heterocycles. The summed E-state index contributed by atoms with van der Waals surface area (Å²) in [6, 6.07) is 3.01. The van der Waals surface area contributed by atoms with Crippen LogP contribution in [0.1, 0.15) is 37.3 Å². The van der Waals surface area contributed by atoms with Gasteiger partial charge < -0.3 is 20.3 Å². The fourth-order valence-electron chi connectivity index (χ4n) is 2.96. The number of ether oxygens (including phenoxy) is 2. The Kier molecular flexibility index (Phi) is 3.56. The summed E-state index contributed by atoms with van der Waals surface area (Å²) in [4.78, 5) is 0. The Morgan fingerprint density at radius 1 is 1.21 bits per heavy atom. The Morgan fingerprint density at radius 2 is 1.84 bits per heavy atom. The summed E-state index contributed by atoms with van der Waals surface area (Å²) in [6.07, 6.45) is 3.86. The number of rotatable bonds is 3. The van der Waals surface area contributed by atoms with Crippen LogP contribution in [0.5, 0.6) is 11.5 Å². The van der Waals surface area contributed by atoms with E-state index in [1.54, 1.807) is 12.1 Å². The van der Waals surface area contributed by atoms with Gasteiger partial charge in [0.15, 0.2) is 11.5 Å². The Balaban J connectivity index is 1.84. The van der Waals surface area contributed by atoms with E-state index in [-0.39, 0.29) is 12.7 Å². The van der Waals surface area contributed by atoms with Crippen molar-refractivity contribution in [1.82, 2.24) is 0 Å². The summed E-state index contributed by atoms with van der Waals surface area (Å²) in [5.41, 5.74) is 6.91. The number of halogens is 1. The van der Waals surface area contributed by atoms with Gasteiger partial charge in [-0.3, -0.25) is 0 Å². The number of hydrogen-bond donors (Lipinski definition) is 2. The topological polar surface area (TPSA) is 64.7 Å². The smallest absolute Gasteiger partial charge is 0.231 e. The van der Waals surface area contributed by atoms with Crippen molar-refractivity contribution in [3.05, 3.63) is 22.7 Å². The van der Waals surface area contributed by atoms with E-state index in [9.17, 15) is 5.11 Å². The van der Waals surface area contributed by atoms with Crippen LogP contribution in [0.2, 0.25) is 5.02 Å². The quantitative estimate of drug-likeness (QED) is 0.895. The lowest BCUT2D eigenvalue weighted by molar-refractivity contribution is 0.0844. The van der Waals surface area contributed by atoms with Gasteiger partial charge in [0.25, 0.3) is 0 Å². The molecule has 0 spiro atoms. The summed E-state index contributed by atoms with van der Waals surface area (Å²) in [5, 5.41) is 10.9. The van der Waals surface area contributed by atoms with Crippen LogP contribution in [0.25, 0.3) is 0 Å². The normalized spacial score (nSPS) is 21.6. The van der Waals surface area contributed by atoms with E-state index in [1.165, 1.54) is 12.8 Å². The molecule has 4 nitrogen and oxygen atoms in total. The minimum Gasteiger partial charge on any atom is -0.454 e. The second-order valence-electron chi connectivity index (χ2n) is 5.29. The van der Waals surface area contributed by atoms with E-state index in [1.807, 2.05) is 0 Å². The van der Waals surface area contributed by atoms with Crippen molar-refractivity contribution in [2.24, 2.45) is 11.7 Å². The number of nitrogens with two attached hydrogens (primary N) is 1. The van der Waals surface area contributed by atoms with E-state index < -0.39 is 12.1 Å². The monoisotopic (exact) mass is 283 g/mol. The average Bonchev–Trinajstić information content (AvgIpc) is 3.06. The number of benzene rings is 1. The first-order valence-corrected chi connectivity index (χ1v) is 7.07. The minimum atomic E-state index is -0.555. The summed E-state index contributed by atoms with van der Waals surface area (Å²) in [7, 11) is 0. The third-order valence-electron chi connectivity index (χ3n) is 4.10. The average molecular weight is 284 g/mol. The highest BCUT2D eigenvalue weighted by atomic mass is 35.5. The van der Waals surface area contributed by atoms with Gasteiger partial charge in [-0.15, -0.1) is 0 Å². The molecule has 5 heteroatoms. The van der Waals surface area contributed by atoms with Gasteiger partial charge in [0.1, 0.15) is 0 Å². The van der Waals surface area contributed by atoms with E-state index in [4.69, 9.17) is 26.8 Å². The zero-order valence-electron chi connectivity index (χ0n) is 10.6. The van der Waals surface area contributed by atoms with Crippen molar-refractivity contribution in [2.75, 3.05) is 6.79 Å². The molecule has 0 radical (unpaired) electrons. The van der Waals surface area contributed by atoms with Gasteiger partial charge in [-0.1, -0.05) is 24.4 Å². The highest BCUT2D eigenvalue weighted by Gasteiger charge is 2.31. The van der Waals surface area contributed by atoms with Gasteiger partial charge in [0, 0.05) is 11.1 Å². The lowest BCUT2D eigenvalue weighted by atomic mass is 9.90. The van der Waals surface area contributed by atoms with Gasteiger partial charge in [0.05, 0.1) is 12.1 Å². The van der Waals surface area contributed by atoms with Crippen LogP contribution in [0.3, 0.4) is 0 Å². The van der Waals surface area contributed by atoms with Crippen molar-refractivity contribution in [3.8, 4) is 11.5 Å². The fraction of sp³-hybridized carbons (Fsp3) is 0.571. The molecule has 0 aromatic heterocycles. The third kappa shape index (κ3) is 2.40. The van der Waals surface area contributed by atoms with Crippen LogP contribution >= 0.6 is 11.6 Å². The predicted octanol–water partition coefficient (Wildman–Crippen LogP) is 2.62. The van der Waals surface area contributed by atoms with Crippen LogP contribution in [0, 0.1) is 5.92 Å². The highest BCUT2D eigenvalue weighted by Crippen LogP contribution is 2.41. The summed E-state index contributed by atoms with van der Waals surface area (Å²) in [5.74, 6) is 1.56. The SMILES string of the molecule is N[C@@H](c1cc2c(cc1Cl)OCO2)[C@H](O)C1CCCC1. The molecule has 2 atom stereocenters. The molecule has 0 unspecified atom stereocenters. The maximum Gasteiger partial charge on any atom is 0.231 e. The number of aliphatic hydroxyl groups excluding tert-OH is 1. The molecule has 0 saturated heterocycles. The molecule has 0 bridgehead atoms. The molecule has 104 valence electrons. The molecule has 19 heavy (non-hydrogen) atoms. The fourth-order valence-corrected chi connectivity index (χ4v) is 3.24. The molecule has 3 N–H and O–H groups in total. The predicted molar refractivity (Wildman–Crippen MR) is 72.5 cm³/mol. The first kappa shape index (κ1) is 13.0.